The summed E-state index contributed by atoms with van der Waals surface area (Å²) in [4.78, 5) is 13.4. The summed E-state index contributed by atoms with van der Waals surface area (Å²) in [5.41, 5.74) is 3.54. The molecule has 23 heavy (non-hydrogen) atoms. The third-order valence-electron chi connectivity index (χ3n) is 4.56. The molecular weight excluding hydrogens is 284 g/mol. The number of hydrogen-bond donors (Lipinski definition) is 0. The Kier molecular flexibility index (Phi) is 3.14. The van der Waals surface area contributed by atoms with Crippen LogP contribution in [0.25, 0.3) is 11.1 Å². The van der Waals surface area contributed by atoms with Crippen LogP contribution in [0.3, 0.4) is 0 Å². The number of Topliss-reactive ketones (excluding diaryl/α,β-unsaturated/α-hetero) is 1. The van der Waals surface area contributed by atoms with E-state index in [4.69, 9.17) is 4.74 Å². The molecule has 3 aromatic rings. The fourth-order valence-corrected chi connectivity index (χ4v) is 3.55. The zero-order chi connectivity index (χ0) is 15.9. The lowest BCUT2D eigenvalue weighted by Gasteiger charge is -2.29. The quantitative estimate of drug-likeness (QED) is 0.668. The number of fused-ring (bicyclic) bond motifs is 3. The van der Waals surface area contributed by atoms with Crippen molar-refractivity contribution in [2.45, 2.75) is 5.60 Å². The molecule has 0 N–H and O–H groups in total. The highest BCUT2D eigenvalue weighted by atomic mass is 16.5. The van der Waals surface area contributed by atoms with Crippen LogP contribution < -0.4 is 0 Å². The third-order valence-corrected chi connectivity index (χ3v) is 4.56. The van der Waals surface area contributed by atoms with E-state index in [9.17, 15) is 4.79 Å². The second kappa shape index (κ2) is 5.18. The zero-order valence-electron chi connectivity index (χ0n) is 12.8. The molecule has 0 heterocycles. The third kappa shape index (κ3) is 1.82. The summed E-state index contributed by atoms with van der Waals surface area (Å²) in [7, 11) is 1.61. The molecular formula is C21H16O2. The monoisotopic (exact) mass is 300 g/mol. The molecule has 0 unspecified atom stereocenters. The van der Waals surface area contributed by atoms with Crippen molar-refractivity contribution in [3.63, 3.8) is 0 Å². The first-order valence-corrected chi connectivity index (χ1v) is 7.63. The smallest absolute Gasteiger partial charge is 0.203 e. The van der Waals surface area contributed by atoms with Crippen molar-refractivity contribution in [3.8, 4) is 11.1 Å². The number of ketones is 1. The number of rotatable bonds is 3. The second-order valence-corrected chi connectivity index (χ2v) is 5.67. The molecule has 0 amide bonds. The number of hydrogen-bond acceptors (Lipinski definition) is 2. The van der Waals surface area contributed by atoms with Crippen molar-refractivity contribution >= 4 is 5.78 Å². The van der Waals surface area contributed by atoms with E-state index in [0.29, 0.717) is 5.56 Å². The number of ether oxygens (including phenoxy) is 1. The number of methoxy groups -OCH3 is 1. The molecule has 0 fully saturated rings. The predicted molar refractivity (Wildman–Crippen MR) is 90.4 cm³/mol. The lowest BCUT2D eigenvalue weighted by molar-refractivity contribution is 0.0247. The van der Waals surface area contributed by atoms with Crippen LogP contribution in [-0.4, -0.2) is 12.9 Å². The van der Waals surface area contributed by atoms with Crippen LogP contribution in [0.15, 0.2) is 78.9 Å². The maximum Gasteiger partial charge on any atom is 0.203 e. The zero-order valence-corrected chi connectivity index (χ0v) is 12.8. The van der Waals surface area contributed by atoms with Gasteiger partial charge in [-0.15, -0.1) is 0 Å². The molecule has 1 aliphatic carbocycles. The van der Waals surface area contributed by atoms with E-state index in [1.165, 1.54) is 0 Å². The standard InChI is InChI=1S/C21H16O2/c1-23-21(20(22)15-9-3-2-4-10-15)18-13-7-5-11-16(18)17-12-6-8-14-19(17)21/h2-14H,1H3. The first-order chi connectivity index (χ1) is 11.3. The van der Waals surface area contributed by atoms with Crippen LogP contribution in [0.5, 0.6) is 0 Å². The summed E-state index contributed by atoms with van der Waals surface area (Å²) in [5.74, 6) is -0.0296. The highest BCUT2D eigenvalue weighted by Crippen LogP contribution is 2.50. The van der Waals surface area contributed by atoms with E-state index >= 15 is 0 Å². The normalized spacial score (nSPS) is 14.1. The van der Waals surface area contributed by atoms with Gasteiger partial charge in [-0.25, -0.2) is 0 Å². The van der Waals surface area contributed by atoms with Crippen molar-refractivity contribution < 1.29 is 9.53 Å². The molecule has 0 saturated carbocycles. The topological polar surface area (TPSA) is 26.3 Å². The molecule has 112 valence electrons. The molecule has 0 bridgehead atoms. The first kappa shape index (κ1) is 13.9. The molecule has 4 rings (SSSR count). The van der Waals surface area contributed by atoms with Crippen LogP contribution in [0.4, 0.5) is 0 Å². The average Bonchev–Trinajstić information content (AvgIpc) is 2.93. The van der Waals surface area contributed by atoms with Gasteiger partial charge in [-0.3, -0.25) is 4.79 Å². The molecule has 0 saturated heterocycles. The summed E-state index contributed by atoms with van der Waals surface area (Å²) >= 11 is 0. The maximum atomic E-state index is 13.4. The van der Waals surface area contributed by atoms with E-state index in [0.717, 1.165) is 22.3 Å². The lowest BCUT2D eigenvalue weighted by atomic mass is 9.83. The molecule has 0 atom stereocenters. The largest absolute Gasteiger partial charge is 0.361 e. The van der Waals surface area contributed by atoms with E-state index in [2.05, 4.69) is 0 Å². The molecule has 2 heteroatoms. The van der Waals surface area contributed by atoms with E-state index in [-0.39, 0.29) is 5.78 Å². The number of benzene rings is 3. The Morgan fingerprint density at radius 2 is 1.22 bits per heavy atom. The van der Waals surface area contributed by atoms with Crippen molar-refractivity contribution in [2.24, 2.45) is 0 Å². The Labute approximate surface area is 135 Å². The minimum absolute atomic E-state index is 0.0296. The average molecular weight is 300 g/mol. The van der Waals surface area contributed by atoms with Crippen LogP contribution >= 0.6 is 0 Å². The van der Waals surface area contributed by atoms with Crippen molar-refractivity contribution in [3.05, 3.63) is 95.6 Å². The molecule has 0 aromatic heterocycles. The Morgan fingerprint density at radius 1 is 0.739 bits per heavy atom. The summed E-state index contributed by atoms with van der Waals surface area (Å²) < 4.78 is 5.92. The molecule has 0 aliphatic heterocycles. The highest BCUT2D eigenvalue weighted by molar-refractivity contribution is 6.09. The summed E-state index contributed by atoms with van der Waals surface area (Å²) in [6.07, 6.45) is 0. The molecule has 2 nitrogen and oxygen atoms in total. The van der Waals surface area contributed by atoms with Gasteiger partial charge in [0.2, 0.25) is 5.78 Å². The van der Waals surface area contributed by atoms with E-state index in [1.807, 2.05) is 78.9 Å². The van der Waals surface area contributed by atoms with E-state index in [1.54, 1.807) is 7.11 Å². The van der Waals surface area contributed by atoms with Gasteiger partial charge in [0.25, 0.3) is 0 Å². The Bertz CT molecular complexity index is 836. The Balaban J connectivity index is 2.03. The SMILES string of the molecule is COC1(C(=O)c2ccccc2)c2ccccc2-c2ccccc21. The Morgan fingerprint density at radius 3 is 1.74 bits per heavy atom. The van der Waals surface area contributed by atoms with Gasteiger partial charge in [-0.05, 0) is 11.1 Å². The maximum absolute atomic E-state index is 13.4. The Hall–Kier alpha value is -2.71. The van der Waals surface area contributed by atoms with Gasteiger partial charge in [-0.1, -0.05) is 78.9 Å². The van der Waals surface area contributed by atoms with Gasteiger partial charge in [0.1, 0.15) is 0 Å². The minimum atomic E-state index is -1.07. The lowest BCUT2D eigenvalue weighted by Crippen LogP contribution is -2.37. The van der Waals surface area contributed by atoms with Crippen LogP contribution in [-0.2, 0) is 10.3 Å². The minimum Gasteiger partial charge on any atom is -0.361 e. The van der Waals surface area contributed by atoms with Gasteiger partial charge in [-0.2, -0.15) is 0 Å². The van der Waals surface area contributed by atoms with Crippen LogP contribution in [0, 0.1) is 0 Å². The van der Waals surface area contributed by atoms with Crippen LogP contribution in [0.1, 0.15) is 21.5 Å². The first-order valence-electron chi connectivity index (χ1n) is 7.63. The van der Waals surface area contributed by atoms with Gasteiger partial charge in [0, 0.05) is 23.8 Å². The molecule has 1 aliphatic rings. The molecule has 0 radical (unpaired) electrons. The summed E-state index contributed by atoms with van der Waals surface area (Å²) in [5, 5.41) is 0. The van der Waals surface area contributed by atoms with E-state index < -0.39 is 5.60 Å². The van der Waals surface area contributed by atoms with Gasteiger partial charge in [0.05, 0.1) is 0 Å². The molecule has 0 spiro atoms. The number of carbonyl (C=O) groups is 1. The fraction of sp³-hybridized carbons (Fsp3) is 0.0952. The van der Waals surface area contributed by atoms with Crippen molar-refractivity contribution in [1.82, 2.24) is 0 Å². The van der Waals surface area contributed by atoms with Gasteiger partial charge in [0.15, 0.2) is 5.60 Å². The number of carbonyl (C=O) groups excluding carboxylic acids is 1. The fourth-order valence-electron chi connectivity index (χ4n) is 3.55. The summed E-state index contributed by atoms with van der Waals surface area (Å²) in [6, 6.07) is 25.3. The highest BCUT2D eigenvalue weighted by Gasteiger charge is 2.49. The van der Waals surface area contributed by atoms with Crippen molar-refractivity contribution in [2.75, 3.05) is 7.11 Å². The summed E-state index contributed by atoms with van der Waals surface area (Å²) in [6.45, 7) is 0. The van der Waals surface area contributed by atoms with Gasteiger partial charge >= 0.3 is 0 Å². The molecule has 3 aromatic carbocycles. The van der Waals surface area contributed by atoms with Crippen LogP contribution in [0.2, 0.25) is 0 Å². The van der Waals surface area contributed by atoms with Crippen molar-refractivity contribution in [1.29, 1.82) is 0 Å². The second-order valence-electron chi connectivity index (χ2n) is 5.67. The van der Waals surface area contributed by atoms with Gasteiger partial charge < -0.3 is 4.74 Å². The predicted octanol–water partition coefficient (Wildman–Crippen LogP) is 4.44.